The summed E-state index contributed by atoms with van der Waals surface area (Å²) < 4.78 is 10.1. The van der Waals surface area contributed by atoms with Gasteiger partial charge >= 0.3 is 0 Å². The van der Waals surface area contributed by atoms with E-state index in [4.69, 9.17) is 16.0 Å². The van der Waals surface area contributed by atoms with Gasteiger partial charge in [0.25, 0.3) is 5.22 Å². The van der Waals surface area contributed by atoms with Crippen LogP contribution in [0.4, 0.5) is 0 Å². The average Bonchev–Trinajstić information content (AvgIpc) is 3.04. The summed E-state index contributed by atoms with van der Waals surface area (Å²) >= 11 is 8.52. The number of hydrogen-bond acceptors (Lipinski definition) is 7. The lowest BCUT2D eigenvalue weighted by atomic mass is 10.1. The predicted octanol–water partition coefficient (Wildman–Crippen LogP) is 4.15. The van der Waals surface area contributed by atoms with Crippen LogP contribution >= 0.6 is 34.9 Å². The lowest BCUT2D eigenvalue weighted by Gasteiger charge is -2.00. The van der Waals surface area contributed by atoms with Gasteiger partial charge in [-0.25, -0.2) is 0 Å². The fraction of sp³-hybridized carbons (Fsp3) is 0.231. The molecule has 3 aromatic rings. The van der Waals surface area contributed by atoms with Crippen molar-refractivity contribution in [2.24, 2.45) is 0 Å². The summed E-state index contributed by atoms with van der Waals surface area (Å²) in [6.45, 7) is 4.08. The Bertz CT molecular complexity index is 751. The molecule has 0 amide bonds. The molecule has 5 nitrogen and oxygen atoms in total. The third-order valence-electron chi connectivity index (χ3n) is 2.72. The molecule has 0 atom stereocenters. The highest BCUT2D eigenvalue weighted by Gasteiger charge is 2.12. The number of nitrogens with zero attached hydrogens (tertiary/aromatic N) is 4. The van der Waals surface area contributed by atoms with Gasteiger partial charge in [0, 0.05) is 22.8 Å². The van der Waals surface area contributed by atoms with Crippen LogP contribution in [0.25, 0.3) is 11.5 Å². The first-order valence-corrected chi connectivity index (χ1v) is 8.27. The molecule has 2 aromatic heterocycles. The van der Waals surface area contributed by atoms with Crippen LogP contribution in [0.2, 0.25) is 4.34 Å². The summed E-state index contributed by atoms with van der Waals surface area (Å²) in [6.07, 6.45) is 0. The Morgan fingerprint density at radius 2 is 1.90 bits per heavy atom. The van der Waals surface area contributed by atoms with Crippen molar-refractivity contribution in [2.75, 3.05) is 0 Å². The molecular formula is C13H11ClN4OS2. The summed E-state index contributed by atoms with van der Waals surface area (Å²) in [7, 11) is 0. The molecule has 1 aromatic carbocycles. The Balaban J connectivity index is 1.75. The maximum absolute atomic E-state index is 5.96. The number of aromatic nitrogens is 4. The number of hydrogen-bond donors (Lipinski definition) is 0. The van der Waals surface area contributed by atoms with E-state index in [0.717, 1.165) is 22.4 Å². The van der Waals surface area contributed by atoms with Gasteiger partial charge in [-0.1, -0.05) is 45.0 Å². The quantitative estimate of drug-likeness (QED) is 0.666. The van der Waals surface area contributed by atoms with Crippen LogP contribution in [-0.2, 0) is 5.75 Å². The van der Waals surface area contributed by atoms with E-state index in [1.807, 2.05) is 26.0 Å². The molecule has 0 fully saturated rings. The van der Waals surface area contributed by atoms with E-state index < -0.39 is 0 Å². The molecule has 0 aliphatic heterocycles. The molecule has 21 heavy (non-hydrogen) atoms. The monoisotopic (exact) mass is 338 g/mol. The van der Waals surface area contributed by atoms with E-state index in [0.29, 0.717) is 21.2 Å². The molecule has 3 rings (SSSR count). The molecular weight excluding hydrogens is 328 g/mol. The van der Waals surface area contributed by atoms with Crippen LogP contribution < -0.4 is 0 Å². The standard InChI is InChI=1S/C13H11ClN4OS2/c1-7-3-8(2)5-9(4-7)12-16-17-13(19-12)20-6-10-11(14)21-18-15-10/h3-5H,6H2,1-2H3. The minimum atomic E-state index is 0.494. The van der Waals surface area contributed by atoms with Crippen molar-refractivity contribution in [1.82, 2.24) is 19.8 Å². The molecule has 0 unspecified atom stereocenters. The summed E-state index contributed by atoms with van der Waals surface area (Å²) in [4.78, 5) is 0. The molecule has 0 aliphatic rings. The maximum atomic E-state index is 5.96. The van der Waals surface area contributed by atoms with Crippen LogP contribution in [0.5, 0.6) is 0 Å². The van der Waals surface area contributed by atoms with E-state index in [1.165, 1.54) is 23.3 Å². The van der Waals surface area contributed by atoms with Crippen LogP contribution in [0, 0.1) is 13.8 Å². The lowest BCUT2D eigenvalue weighted by Crippen LogP contribution is -1.82. The molecule has 2 heterocycles. The first-order valence-electron chi connectivity index (χ1n) is 6.13. The van der Waals surface area contributed by atoms with Crippen LogP contribution in [0.1, 0.15) is 16.8 Å². The van der Waals surface area contributed by atoms with Crippen LogP contribution in [-0.4, -0.2) is 19.8 Å². The second-order valence-corrected chi connectivity index (χ2v) is 6.81. The normalized spacial score (nSPS) is 11.0. The molecule has 0 saturated carbocycles. The van der Waals surface area contributed by atoms with Gasteiger partial charge in [0.2, 0.25) is 5.89 Å². The summed E-state index contributed by atoms with van der Waals surface area (Å²) in [5, 5.41) is 12.6. The third-order valence-corrected chi connectivity index (χ3v) is 4.53. The highest BCUT2D eigenvalue weighted by molar-refractivity contribution is 7.98. The van der Waals surface area contributed by atoms with Gasteiger partial charge in [-0.3, -0.25) is 0 Å². The van der Waals surface area contributed by atoms with Crippen molar-refractivity contribution < 1.29 is 4.42 Å². The number of thioether (sulfide) groups is 1. The van der Waals surface area contributed by atoms with Gasteiger partial charge in [0.1, 0.15) is 10.0 Å². The largest absolute Gasteiger partial charge is 0.411 e. The smallest absolute Gasteiger partial charge is 0.277 e. The summed E-state index contributed by atoms with van der Waals surface area (Å²) in [5.74, 6) is 1.08. The predicted molar refractivity (Wildman–Crippen MR) is 83.7 cm³/mol. The molecule has 108 valence electrons. The van der Waals surface area contributed by atoms with Gasteiger partial charge in [-0.15, -0.1) is 15.3 Å². The Kier molecular flexibility index (Phi) is 4.23. The first kappa shape index (κ1) is 14.5. The fourth-order valence-electron chi connectivity index (χ4n) is 1.90. The summed E-state index contributed by atoms with van der Waals surface area (Å²) in [6, 6.07) is 6.15. The number of rotatable bonds is 4. The topological polar surface area (TPSA) is 64.7 Å². The molecule has 0 radical (unpaired) electrons. The molecule has 0 aliphatic carbocycles. The Morgan fingerprint density at radius 1 is 1.14 bits per heavy atom. The Labute approximate surface area is 134 Å². The minimum absolute atomic E-state index is 0.494. The zero-order chi connectivity index (χ0) is 14.8. The molecule has 8 heteroatoms. The molecule has 0 N–H and O–H groups in total. The van der Waals surface area contributed by atoms with E-state index in [-0.39, 0.29) is 0 Å². The molecule has 0 saturated heterocycles. The first-order chi connectivity index (χ1) is 10.1. The van der Waals surface area contributed by atoms with Gasteiger partial charge in [0.15, 0.2) is 0 Å². The second-order valence-electron chi connectivity index (χ2n) is 4.53. The van der Waals surface area contributed by atoms with Crippen LogP contribution in [0.15, 0.2) is 27.8 Å². The van der Waals surface area contributed by atoms with Crippen molar-refractivity contribution in [3.05, 3.63) is 39.4 Å². The lowest BCUT2D eigenvalue weighted by molar-refractivity contribution is 0.465. The van der Waals surface area contributed by atoms with E-state index in [9.17, 15) is 0 Å². The van der Waals surface area contributed by atoms with E-state index >= 15 is 0 Å². The maximum Gasteiger partial charge on any atom is 0.277 e. The zero-order valence-electron chi connectivity index (χ0n) is 11.3. The zero-order valence-corrected chi connectivity index (χ0v) is 13.7. The van der Waals surface area contributed by atoms with Crippen molar-refractivity contribution in [3.8, 4) is 11.5 Å². The van der Waals surface area contributed by atoms with Gasteiger partial charge in [-0.2, -0.15) is 0 Å². The third kappa shape index (κ3) is 3.42. The van der Waals surface area contributed by atoms with Crippen molar-refractivity contribution in [1.29, 1.82) is 0 Å². The SMILES string of the molecule is Cc1cc(C)cc(-c2nnc(SCc3nnsc3Cl)o2)c1. The fourth-order valence-corrected chi connectivity index (χ4v) is 3.39. The highest BCUT2D eigenvalue weighted by Crippen LogP contribution is 2.29. The number of halogens is 1. The molecule has 0 spiro atoms. The van der Waals surface area contributed by atoms with E-state index in [2.05, 4.69) is 25.9 Å². The van der Waals surface area contributed by atoms with Crippen molar-refractivity contribution >= 4 is 34.9 Å². The second kappa shape index (κ2) is 6.13. The highest BCUT2D eigenvalue weighted by atomic mass is 35.5. The van der Waals surface area contributed by atoms with Crippen molar-refractivity contribution in [3.63, 3.8) is 0 Å². The van der Waals surface area contributed by atoms with Gasteiger partial charge in [0.05, 0.1) is 0 Å². The summed E-state index contributed by atoms with van der Waals surface area (Å²) in [5.41, 5.74) is 3.99. The van der Waals surface area contributed by atoms with Gasteiger partial charge in [-0.05, 0) is 26.0 Å². The van der Waals surface area contributed by atoms with Gasteiger partial charge < -0.3 is 4.42 Å². The number of aryl methyl sites for hydroxylation is 2. The minimum Gasteiger partial charge on any atom is -0.411 e. The van der Waals surface area contributed by atoms with Crippen LogP contribution in [0.3, 0.4) is 0 Å². The van der Waals surface area contributed by atoms with Crippen molar-refractivity contribution in [2.45, 2.75) is 24.8 Å². The van der Waals surface area contributed by atoms with E-state index in [1.54, 1.807) is 0 Å². The number of benzene rings is 1. The molecule has 0 bridgehead atoms. The Hall–Kier alpha value is -1.44. The Morgan fingerprint density at radius 3 is 2.57 bits per heavy atom. The average molecular weight is 339 g/mol.